The second-order valence-corrected chi connectivity index (χ2v) is 5.02. The van der Waals surface area contributed by atoms with Gasteiger partial charge in [0.2, 0.25) is 0 Å². The highest BCUT2D eigenvalue weighted by Gasteiger charge is 2.11. The molecule has 0 amide bonds. The fourth-order valence-corrected chi connectivity index (χ4v) is 2.44. The highest BCUT2D eigenvalue weighted by Crippen LogP contribution is 2.16. The molecule has 0 aromatic heterocycles. The van der Waals surface area contributed by atoms with Gasteiger partial charge in [-0.1, -0.05) is 56.0 Å². The van der Waals surface area contributed by atoms with Crippen molar-refractivity contribution in [3.63, 3.8) is 0 Å². The van der Waals surface area contributed by atoms with E-state index in [2.05, 4.69) is 22.4 Å². The standard InChI is InChI=1S/C15H23N3.HI/c16-15(17-12-13-8-4-3-5-9-13)18-14-10-6-1-2-7-11-14;/h3-5,8-9,14H,1-2,6-7,10-12H2,(H3,16,17,18);1H. The van der Waals surface area contributed by atoms with Crippen LogP contribution in [0.1, 0.15) is 44.1 Å². The van der Waals surface area contributed by atoms with Crippen molar-refractivity contribution in [1.82, 2.24) is 5.32 Å². The van der Waals surface area contributed by atoms with Crippen molar-refractivity contribution in [3.8, 4) is 0 Å². The molecule has 1 aliphatic rings. The molecule has 0 unspecified atom stereocenters. The Bertz CT molecular complexity index is 370. The van der Waals surface area contributed by atoms with E-state index in [-0.39, 0.29) is 24.0 Å². The maximum absolute atomic E-state index is 5.94. The largest absolute Gasteiger partial charge is 0.370 e. The van der Waals surface area contributed by atoms with Gasteiger partial charge in [0.15, 0.2) is 5.96 Å². The molecule has 0 heterocycles. The molecule has 1 aliphatic carbocycles. The van der Waals surface area contributed by atoms with Gasteiger partial charge in [0.05, 0.1) is 6.54 Å². The van der Waals surface area contributed by atoms with Crippen molar-refractivity contribution in [3.05, 3.63) is 35.9 Å². The van der Waals surface area contributed by atoms with Gasteiger partial charge in [-0.25, -0.2) is 4.99 Å². The Morgan fingerprint density at radius 2 is 1.74 bits per heavy atom. The minimum Gasteiger partial charge on any atom is -0.370 e. The summed E-state index contributed by atoms with van der Waals surface area (Å²) in [5, 5.41) is 3.36. The first-order chi connectivity index (χ1) is 8.84. The third-order valence-corrected chi connectivity index (χ3v) is 3.48. The van der Waals surface area contributed by atoms with E-state index < -0.39 is 0 Å². The number of guanidine groups is 1. The summed E-state index contributed by atoms with van der Waals surface area (Å²) in [6.45, 7) is 0.659. The van der Waals surface area contributed by atoms with Crippen LogP contribution in [0, 0.1) is 0 Å². The predicted molar refractivity (Wildman–Crippen MR) is 91.8 cm³/mol. The molecule has 1 saturated carbocycles. The summed E-state index contributed by atoms with van der Waals surface area (Å²) in [5.41, 5.74) is 7.14. The van der Waals surface area contributed by atoms with E-state index >= 15 is 0 Å². The zero-order valence-electron chi connectivity index (χ0n) is 11.3. The average molecular weight is 373 g/mol. The Hall–Kier alpha value is -0.780. The molecule has 2 rings (SSSR count). The molecule has 1 aromatic carbocycles. The van der Waals surface area contributed by atoms with Crippen LogP contribution in [0.25, 0.3) is 0 Å². The van der Waals surface area contributed by atoms with Crippen LogP contribution in [0.15, 0.2) is 35.3 Å². The SMILES string of the molecule is I.NC(=NCc1ccccc1)NC1CCCCCC1. The highest BCUT2D eigenvalue weighted by molar-refractivity contribution is 14.0. The van der Waals surface area contributed by atoms with Gasteiger partial charge in [0.1, 0.15) is 0 Å². The number of rotatable bonds is 3. The number of nitrogens with zero attached hydrogens (tertiary/aromatic N) is 1. The number of halogens is 1. The lowest BCUT2D eigenvalue weighted by atomic mass is 10.1. The fraction of sp³-hybridized carbons (Fsp3) is 0.533. The van der Waals surface area contributed by atoms with Gasteiger partial charge < -0.3 is 11.1 Å². The molecule has 0 aliphatic heterocycles. The fourth-order valence-electron chi connectivity index (χ4n) is 2.44. The lowest BCUT2D eigenvalue weighted by Crippen LogP contribution is -2.39. The first kappa shape index (κ1) is 16.3. The minimum atomic E-state index is 0. The van der Waals surface area contributed by atoms with E-state index in [4.69, 9.17) is 5.73 Å². The molecular weight excluding hydrogens is 349 g/mol. The van der Waals surface area contributed by atoms with E-state index in [1.54, 1.807) is 0 Å². The van der Waals surface area contributed by atoms with Crippen LogP contribution in [0.5, 0.6) is 0 Å². The van der Waals surface area contributed by atoms with Crippen molar-refractivity contribution in [2.24, 2.45) is 10.7 Å². The maximum Gasteiger partial charge on any atom is 0.189 e. The highest BCUT2D eigenvalue weighted by atomic mass is 127. The molecule has 4 heteroatoms. The van der Waals surface area contributed by atoms with Gasteiger partial charge in [-0.2, -0.15) is 0 Å². The lowest BCUT2D eigenvalue weighted by molar-refractivity contribution is 0.530. The van der Waals surface area contributed by atoms with Crippen LogP contribution in [-0.4, -0.2) is 12.0 Å². The van der Waals surface area contributed by atoms with Gasteiger partial charge >= 0.3 is 0 Å². The van der Waals surface area contributed by atoms with Crippen molar-refractivity contribution in [2.75, 3.05) is 0 Å². The average Bonchev–Trinajstić information content (AvgIpc) is 2.66. The van der Waals surface area contributed by atoms with Gasteiger partial charge in [0, 0.05) is 6.04 Å². The number of benzene rings is 1. The molecule has 1 aromatic rings. The summed E-state index contributed by atoms with van der Waals surface area (Å²) in [4.78, 5) is 4.40. The second kappa shape index (κ2) is 9.18. The van der Waals surface area contributed by atoms with E-state index in [9.17, 15) is 0 Å². The van der Waals surface area contributed by atoms with Gasteiger partial charge in [-0.3, -0.25) is 0 Å². The van der Waals surface area contributed by atoms with Crippen molar-refractivity contribution < 1.29 is 0 Å². The summed E-state index contributed by atoms with van der Waals surface area (Å²) in [7, 11) is 0. The summed E-state index contributed by atoms with van der Waals surface area (Å²) in [6, 6.07) is 10.7. The third-order valence-electron chi connectivity index (χ3n) is 3.48. The summed E-state index contributed by atoms with van der Waals surface area (Å²) in [6.07, 6.45) is 7.79. The van der Waals surface area contributed by atoms with Crippen LogP contribution in [0.4, 0.5) is 0 Å². The summed E-state index contributed by atoms with van der Waals surface area (Å²) in [5.74, 6) is 0.589. The summed E-state index contributed by atoms with van der Waals surface area (Å²) < 4.78 is 0. The number of hydrogen-bond acceptors (Lipinski definition) is 1. The Labute approximate surface area is 133 Å². The van der Waals surface area contributed by atoms with E-state index in [0.717, 1.165) is 0 Å². The van der Waals surface area contributed by atoms with Crippen LogP contribution in [-0.2, 0) is 6.54 Å². The number of hydrogen-bond donors (Lipinski definition) is 2. The predicted octanol–water partition coefficient (Wildman–Crippen LogP) is 3.43. The van der Waals surface area contributed by atoms with E-state index in [0.29, 0.717) is 18.5 Å². The van der Waals surface area contributed by atoms with E-state index in [1.807, 2.05) is 18.2 Å². The molecular formula is C15H24IN3. The van der Waals surface area contributed by atoms with Crippen LogP contribution in [0.3, 0.4) is 0 Å². The Morgan fingerprint density at radius 3 is 2.37 bits per heavy atom. The molecule has 106 valence electrons. The van der Waals surface area contributed by atoms with Crippen molar-refractivity contribution in [1.29, 1.82) is 0 Å². The zero-order chi connectivity index (χ0) is 12.6. The quantitative estimate of drug-likeness (QED) is 0.369. The molecule has 1 fully saturated rings. The van der Waals surface area contributed by atoms with Crippen LogP contribution in [0.2, 0.25) is 0 Å². The van der Waals surface area contributed by atoms with Gasteiger partial charge in [-0.15, -0.1) is 24.0 Å². The molecule has 0 saturated heterocycles. The second-order valence-electron chi connectivity index (χ2n) is 5.02. The Kier molecular flexibility index (Phi) is 7.86. The molecule has 0 atom stereocenters. The molecule has 0 radical (unpaired) electrons. The Morgan fingerprint density at radius 1 is 1.11 bits per heavy atom. The third kappa shape index (κ3) is 6.27. The van der Waals surface area contributed by atoms with E-state index in [1.165, 1.54) is 44.1 Å². The monoisotopic (exact) mass is 373 g/mol. The smallest absolute Gasteiger partial charge is 0.189 e. The lowest BCUT2D eigenvalue weighted by Gasteiger charge is -2.16. The van der Waals surface area contributed by atoms with Crippen LogP contribution < -0.4 is 11.1 Å². The first-order valence-corrected chi connectivity index (χ1v) is 6.95. The van der Waals surface area contributed by atoms with Gasteiger partial charge in [-0.05, 0) is 18.4 Å². The van der Waals surface area contributed by atoms with Crippen molar-refractivity contribution >= 4 is 29.9 Å². The number of nitrogens with two attached hydrogens (primary N) is 1. The minimum absolute atomic E-state index is 0. The topological polar surface area (TPSA) is 50.4 Å². The normalized spacial score (nSPS) is 17.4. The zero-order valence-corrected chi connectivity index (χ0v) is 13.7. The van der Waals surface area contributed by atoms with Gasteiger partial charge in [0.25, 0.3) is 0 Å². The number of aliphatic imine (C=N–C) groups is 1. The molecule has 19 heavy (non-hydrogen) atoms. The summed E-state index contributed by atoms with van der Waals surface area (Å²) >= 11 is 0. The maximum atomic E-state index is 5.94. The molecule has 0 bridgehead atoms. The number of nitrogens with one attached hydrogen (secondary N) is 1. The molecule has 3 nitrogen and oxygen atoms in total. The van der Waals surface area contributed by atoms with Crippen LogP contribution >= 0.6 is 24.0 Å². The Balaban J connectivity index is 0.00000180. The molecule has 3 N–H and O–H groups in total. The van der Waals surface area contributed by atoms with Crippen molar-refractivity contribution in [2.45, 2.75) is 51.1 Å². The first-order valence-electron chi connectivity index (χ1n) is 6.95. The molecule has 0 spiro atoms.